The summed E-state index contributed by atoms with van der Waals surface area (Å²) in [5.41, 5.74) is -2.00. The predicted octanol–water partition coefficient (Wildman–Crippen LogP) is 2.79. The zero-order valence-electron chi connectivity index (χ0n) is 15.7. The third-order valence-electron chi connectivity index (χ3n) is 3.29. The monoisotopic (exact) mass is 387 g/mol. The number of phenolic OH excluding ortho intramolecular Hbond substituents is 1. The molecule has 0 atom stereocenters. The number of oxime groups is 1. The SMILES string of the molecule is C/C(=N/OC(C)(C)C)Oc1ccc[n+]([O-])c1C(=O)c1cc(F)c(C#N)cc1O. The average Bonchev–Trinajstić information content (AvgIpc) is 2.60. The Bertz CT molecular complexity index is 990. The molecule has 0 aliphatic carbocycles. The van der Waals surface area contributed by atoms with Crippen LogP contribution < -0.4 is 9.47 Å². The molecule has 0 radical (unpaired) electrons. The standard InChI is InChI=1S/C19H18FN3O5/c1-11(22-28-19(2,3)4)27-16-6-5-7-23(26)17(16)18(25)13-9-14(20)12(10-21)8-15(13)24/h5-9,24H,1-4H3/b22-11-. The molecule has 146 valence electrons. The molecule has 2 rings (SSSR count). The van der Waals surface area contributed by atoms with E-state index in [1.165, 1.54) is 19.1 Å². The van der Waals surface area contributed by atoms with Crippen LogP contribution in [-0.4, -0.2) is 22.4 Å². The second kappa shape index (κ2) is 7.92. The van der Waals surface area contributed by atoms with Gasteiger partial charge in [0.2, 0.25) is 11.6 Å². The molecule has 0 saturated carbocycles. The fourth-order valence-electron chi connectivity index (χ4n) is 2.10. The van der Waals surface area contributed by atoms with Crippen LogP contribution in [0.3, 0.4) is 0 Å². The molecule has 0 fully saturated rings. The molecule has 8 nitrogen and oxygen atoms in total. The van der Waals surface area contributed by atoms with E-state index < -0.39 is 39.8 Å². The van der Waals surface area contributed by atoms with Gasteiger partial charge in [0, 0.05) is 19.1 Å². The maximum absolute atomic E-state index is 13.9. The van der Waals surface area contributed by atoms with Crippen LogP contribution in [0.5, 0.6) is 11.5 Å². The van der Waals surface area contributed by atoms with Crippen LogP contribution in [-0.2, 0) is 4.84 Å². The predicted molar refractivity (Wildman–Crippen MR) is 96.2 cm³/mol. The fraction of sp³-hybridized carbons (Fsp3) is 0.263. The first-order chi connectivity index (χ1) is 13.0. The Kier molecular flexibility index (Phi) is 5.84. The first kappa shape index (κ1) is 20.6. The number of carbonyl (C=O) groups excluding carboxylic acids is 1. The summed E-state index contributed by atoms with van der Waals surface area (Å²) >= 11 is 0. The molecule has 0 amide bonds. The van der Waals surface area contributed by atoms with Crippen LogP contribution in [0.4, 0.5) is 4.39 Å². The average molecular weight is 387 g/mol. The third-order valence-corrected chi connectivity index (χ3v) is 3.29. The summed E-state index contributed by atoms with van der Waals surface area (Å²) < 4.78 is 19.6. The molecule has 0 aliphatic heterocycles. The summed E-state index contributed by atoms with van der Waals surface area (Å²) in [6.07, 6.45) is 1.05. The second-order valence-corrected chi connectivity index (χ2v) is 6.75. The second-order valence-electron chi connectivity index (χ2n) is 6.75. The molecule has 2 aromatic rings. The van der Waals surface area contributed by atoms with Crippen LogP contribution in [0, 0.1) is 22.4 Å². The number of aromatic hydroxyl groups is 1. The highest BCUT2D eigenvalue weighted by molar-refractivity contribution is 6.10. The van der Waals surface area contributed by atoms with Gasteiger partial charge in [0.25, 0.3) is 5.78 Å². The van der Waals surface area contributed by atoms with Gasteiger partial charge in [-0.3, -0.25) is 4.79 Å². The summed E-state index contributed by atoms with van der Waals surface area (Å²) in [5.74, 6) is -2.78. The van der Waals surface area contributed by atoms with Crippen molar-refractivity contribution in [2.75, 3.05) is 0 Å². The molecule has 0 bridgehead atoms. The maximum atomic E-state index is 13.9. The van der Waals surface area contributed by atoms with E-state index in [2.05, 4.69) is 5.16 Å². The van der Waals surface area contributed by atoms with Gasteiger partial charge in [-0.2, -0.15) is 9.99 Å². The lowest BCUT2D eigenvalue weighted by atomic mass is 10.0. The number of hydrogen-bond acceptors (Lipinski definition) is 7. The minimum Gasteiger partial charge on any atom is -0.618 e. The van der Waals surface area contributed by atoms with E-state index in [1.807, 2.05) is 0 Å². The Morgan fingerprint density at radius 2 is 2.07 bits per heavy atom. The summed E-state index contributed by atoms with van der Waals surface area (Å²) in [5, 5.41) is 34.7. The molecule has 0 unspecified atom stereocenters. The molecule has 0 saturated heterocycles. The molecule has 1 heterocycles. The van der Waals surface area contributed by atoms with Gasteiger partial charge >= 0.3 is 5.69 Å². The normalized spacial score (nSPS) is 11.6. The fourth-order valence-corrected chi connectivity index (χ4v) is 2.10. The number of nitriles is 1. The van der Waals surface area contributed by atoms with Gasteiger partial charge in [-0.1, -0.05) is 5.16 Å². The number of ether oxygens (including phenoxy) is 1. The third kappa shape index (κ3) is 4.73. The number of carbonyl (C=O) groups is 1. The van der Waals surface area contributed by atoms with Crippen molar-refractivity contribution in [2.45, 2.75) is 33.3 Å². The van der Waals surface area contributed by atoms with E-state index in [4.69, 9.17) is 14.8 Å². The highest BCUT2D eigenvalue weighted by Crippen LogP contribution is 2.26. The Balaban J connectivity index is 2.46. The number of benzene rings is 1. The van der Waals surface area contributed by atoms with Gasteiger partial charge in [0.15, 0.2) is 6.20 Å². The largest absolute Gasteiger partial charge is 0.618 e. The lowest BCUT2D eigenvalue weighted by Crippen LogP contribution is -2.35. The molecule has 0 spiro atoms. The number of hydrogen-bond donors (Lipinski definition) is 1. The zero-order valence-corrected chi connectivity index (χ0v) is 15.7. The van der Waals surface area contributed by atoms with Crippen molar-refractivity contribution in [3.8, 4) is 17.6 Å². The van der Waals surface area contributed by atoms with E-state index in [1.54, 1.807) is 26.8 Å². The zero-order chi connectivity index (χ0) is 21.1. The number of aromatic nitrogens is 1. The Morgan fingerprint density at radius 3 is 2.68 bits per heavy atom. The van der Waals surface area contributed by atoms with Crippen LogP contribution in [0.15, 0.2) is 35.6 Å². The van der Waals surface area contributed by atoms with Crippen LogP contribution in [0.25, 0.3) is 0 Å². The van der Waals surface area contributed by atoms with Gasteiger partial charge in [-0.15, -0.1) is 0 Å². The van der Waals surface area contributed by atoms with E-state index >= 15 is 0 Å². The maximum Gasteiger partial charge on any atom is 0.308 e. The van der Waals surface area contributed by atoms with E-state index in [0.717, 1.165) is 12.3 Å². The first-order valence-corrected chi connectivity index (χ1v) is 8.13. The molecule has 0 aliphatic rings. The quantitative estimate of drug-likeness (QED) is 0.215. The number of halogens is 1. The van der Waals surface area contributed by atoms with Gasteiger partial charge < -0.3 is 19.9 Å². The lowest BCUT2D eigenvalue weighted by molar-refractivity contribution is -0.607. The van der Waals surface area contributed by atoms with Crippen molar-refractivity contribution in [1.82, 2.24) is 0 Å². The Labute approximate surface area is 160 Å². The summed E-state index contributed by atoms with van der Waals surface area (Å²) in [4.78, 5) is 18.0. The Morgan fingerprint density at radius 1 is 1.39 bits per heavy atom. The molecule has 28 heavy (non-hydrogen) atoms. The first-order valence-electron chi connectivity index (χ1n) is 8.13. The van der Waals surface area contributed by atoms with Crippen molar-refractivity contribution in [3.63, 3.8) is 0 Å². The van der Waals surface area contributed by atoms with Crippen molar-refractivity contribution >= 4 is 11.7 Å². The van der Waals surface area contributed by atoms with Crippen molar-refractivity contribution < 1.29 is 28.6 Å². The van der Waals surface area contributed by atoms with Gasteiger partial charge in [-0.25, -0.2) is 4.39 Å². The minimum atomic E-state index is -1.00. The topological polar surface area (TPSA) is 119 Å². The van der Waals surface area contributed by atoms with Crippen LogP contribution in [0.1, 0.15) is 49.3 Å². The summed E-state index contributed by atoms with van der Waals surface area (Å²) in [6, 6.07) is 5.74. The van der Waals surface area contributed by atoms with E-state index in [0.29, 0.717) is 6.07 Å². The van der Waals surface area contributed by atoms with Crippen LogP contribution >= 0.6 is 0 Å². The highest BCUT2D eigenvalue weighted by Gasteiger charge is 2.28. The number of pyridine rings is 1. The minimum absolute atomic E-state index is 0.0189. The summed E-state index contributed by atoms with van der Waals surface area (Å²) in [6.45, 7) is 6.78. The van der Waals surface area contributed by atoms with E-state index in [9.17, 15) is 19.5 Å². The van der Waals surface area contributed by atoms with Gasteiger partial charge in [0.05, 0.1) is 11.1 Å². The van der Waals surface area contributed by atoms with Crippen molar-refractivity contribution in [2.24, 2.45) is 5.16 Å². The molecular formula is C19H18FN3O5. The lowest BCUT2D eigenvalue weighted by Gasteiger charge is -2.16. The smallest absolute Gasteiger partial charge is 0.308 e. The highest BCUT2D eigenvalue weighted by atomic mass is 19.1. The molecule has 1 aromatic carbocycles. The molecule has 1 N–H and O–H groups in total. The molecule has 1 aromatic heterocycles. The van der Waals surface area contributed by atoms with Crippen LogP contribution in [0.2, 0.25) is 0 Å². The molecular weight excluding hydrogens is 369 g/mol. The van der Waals surface area contributed by atoms with Crippen molar-refractivity contribution in [3.05, 3.63) is 58.3 Å². The number of rotatable bonds is 4. The number of nitrogens with zero attached hydrogens (tertiary/aromatic N) is 3. The number of phenols is 1. The van der Waals surface area contributed by atoms with Crippen molar-refractivity contribution in [1.29, 1.82) is 5.26 Å². The summed E-state index contributed by atoms with van der Waals surface area (Å²) in [7, 11) is 0. The van der Waals surface area contributed by atoms with Gasteiger partial charge in [-0.05, 0) is 32.9 Å². The Hall–Kier alpha value is -3.67. The van der Waals surface area contributed by atoms with E-state index in [-0.39, 0.29) is 16.4 Å². The number of ketones is 1. The van der Waals surface area contributed by atoms with Gasteiger partial charge in [0.1, 0.15) is 23.2 Å². The molecule has 9 heteroatoms.